The van der Waals surface area contributed by atoms with Crippen molar-refractivity contribution in [2.45, 2.75) is 31.6 Å². The molecule has 180 valence electrons. The Kier molecular flexibility index (Phi) is 6.07. The first-order chi connectivity index (χ1) is 16.5. The highest BCUT2D eigenvalue weighted by molar-refractivity contribution is 5.95. The summed E-state index contributed by atoms with van der Waals surface area (Å²) in [6.07, 6.45) is 5.51. The van der Waals surface area contributed by atoms with Crippen LogP contribution in [0.4, 0.5) is 8.78 Å². The van der Waals surface area contributed by atoms with E-state index in [2.05, 4.69) is 11.4 Å². The van der Waals surface area contributed by atoms with E-state index in [0.717, 1.165) is 60.5 Å². The normalized spacial score (nSPS) is 16.1. The maximum atomic E-state index is 14.8. The summed E-state index contributed by atoms with van der Waals surface area (Å²) >= 11 is 0. The molecule has 2 aliphatic rings. The number of nitrogens with one attached hydrogen (secondary N) is 1. The lowest BCUT2D eigenvalue weighted by molar-refractivity contribution is 0.402. The number of rotatable bonds is 3. The highest BCUT2D eigenvalue weighted by Gasteiger charge is 2.28. The molecular formula is C27H23ClF2N2O3. The third kappa shape index (κ3) is 3.70. The third-order valence-corrected chi connectivity index (χ3v) is 7.00. The van der Waals surface area contributed by atoms with Gasteiger partial charge in [-0.05, 0) is 55.5 Å². The van der Waals surface area contributed by atoms with Crippen LogP contribution in [0.25, 0.3) is 33.2 Å². The molecule has 1 aliphatic heterocycles. The van der Waals surface area contributed by atoms with Gasteiger partial charge in [0.05, 0.1) is 11.1 Å². The lowest BCUT2D eigenvalue weighted by Crippen LogP contribution is -2.29. The molecule has 2 aromatic carbocycles. The number of pyridine rings is 1. The highest BCUT2D eigenvalue weighted by atomic mass is 35.5. The molecule has 0 unspecified atom stereocenters. The zero-order valence-corrected chi connectivity index (χ0v) is 19.6. The molecule has 5 nitrogen and oxygen atoms in total. The summed E-state index contributed by atoms with van der Waals surface area (Å²) in [4.78, 5) is 27.3. The van der Waals surface area contributed by atoms with E-state index in [4.69, 9.17) is 4.42 Å². The van der Waals surface area contributed by atoms with Crippen LogP contribution in [0.2, 0.25) is 0 Å². The van der Waals surface area contributed by atoms with Crippen molar-refractivity contribution in [1.82, 2.24) is 9.88 Å². The van der Waals surface area contributed by atoms with E-state index in [-0.39, 0.29) is 35.0 Å². The van der Waals surface area contributed by atoms with Gasteiger partial charge in [-0.25, -0.2) is 8.78 Å². The van der Waals surface area contributed by atoms with Gasteiger partial charge >= 0.3 is 0 Å². The number of nitrogens with zero attached hydrogens (tertiary/aromatic N) is 1. The molecule has 0 spiro atoms. The van der Waals surface area contributed by atoms with Crippen LogP contribution >= 0.6 is 12.4 Å². The first-order valence-electron chi connectivity index (χ1n) is 11.5. The van der Waals surface area contributed by atoms with Gasteiger partial charge in [-0.15, -0.1) is 12.4 Å². The standard InChI is InChI=1S/C27H22F2N2O3.ClH/c28-19-8-3-9-20(24(19)29)31-21(16-4-1-5-16)14-22-23(27(31)33)25(32)18-7-2-6-17(26(18)34-22)15-10-12-30-13-11-15;/h2-3,6-10,14,16,30H,1,4-5,11-13H2;1H. The number of para-hydroxylation sites is 1. The molecule has 8 heteroatoms. The van der Waals surface area contributed by atoms with Crippen molar-refractivity contribution in [3.8, 4) is 5.69 Å². The number of benzene rings is 2. The molecular weight excluding hydrogens is 474 g/mol. The van der Waals surface area contributed by atoms with Gasteiger partial charge in [0, 0.05) is 23.9 Å². The molecule has 4 aromatic rings. The van der Waals surface area contributed by atoms with Gasteiger partial charge in [-0.2, -0.15) is 0 Å². The lowest BCUT2D eigenvalue weighted by Gasteiger charge is -2.28. The molecule has 1 aliphatic carbocycles. The SMILES string of the molecule is Cl.O=c1c2cccc(C3=CCNCC3)c2oc2cc(C3CCC3)n(-c3cccc(F)c3F)c(=O)c12. The van der Waals surface area contributed by atoms with Crippen LogP contribution in [0.3, 0.4) is 0 Å². The molecule has 6 rings (SSSR count). The predicted molar refractivity (Wildman–Crippen MR) is 135 cm³/mol. The van der Waals surface area contributed by atoms with E-state index < -0.39 is 22.6 Å². The monoisotopic (exact) mass is 496 g/mol. The molecule has 0 saturated heterocycles. The van der Waals surface area contributed by atoms with Crippen LogP contribution in [0.1, 0.15) is 42.9 Å². The summed E-state index contributed by atoms with van der Waals surface area (Å²) in [5.41, 5.74) is 1.73. The second-order valence-corrected chi connectivity index (χ2v) is 8.95. The summed E-state index contributed by atoms with van der Waals surface area (Å²) in [7, 11) is 0. The van der Waals surface area contributed by atoms with Gasteiger partial charge in [0.1, 0.15) is 16.6 Å². The molecule has 1 saturated carbocycles. The van der Waals surface area contributed by atoms with Gasteiger partial charge in [0.15, 0.2) is 11.6 Å². The number of aromatic nitrogens is 1. The van der Waals surface area contributed by atoms with Crippen molar-refractivity contribution in [3.05, 3.63) is 92.0 Å². The zero-order chi connectivity index (χ0) is 23.4. The smallest absolute Gasteiger partial charge is 0.270 e. The number of fused-ring (bicyclic) bond motifs is 2. The molecule has 0 radical (unpaired) electrons. The molecule has 3 heterocycles. The lowest BCUT2D eigenvalue weighted by atomic mass is 9.82. The first-order valence-corrected chi connectivity index (χ1v) is 11.5. The molecule has 1 fully saturated rings. The Labute approximate surface area is 205 Å². The highest BCUT2D eigenvalue weighted by Crippen LogP contribution is 2.38. The zero-order valence-electron chi connectivity index (χ0n) is 18.8. The summed E-state index contributed by atoms with van der Waals surface area (Å²) in [6, 6.07) is 10.7. The predicted octanol–water partition coefficient (Wildman–Crippen LogP) is 5.44. The second kappa shape index (κ2) is 9.06. The topological polar surface area (TPSA) is 64.2 Å². The second-order valence-electron chi connectivity index (χ2n) is 8.95. The third-order valence-electron chi connectivity index (χ3n) is 7.00. The van der Waals surface area contributed by atoms with Gasteiger partial charge in [0.2, 0.25) is 5.43 Å². The van der Waals surface area contributed by atoms with Crippen LogP contribution < -0.4 is 16.3 Å². The van der Waals surface area contributed by atoms with E-state index in [1.807, 2.05) is 6.07 Å². The summed E-state index contributed by atoms with van der Waals surface area (Å²) < 4.78 is 36.3. The quantitative estimate of drug-likeness (QED) is 0.383. The molecule has 0 amide bonds. The van der Waals surface area contributed by atoms with Crippen LogP contribution in [0.15, 0.2) is 62.5 Å². The number of hydrogen-bond donors (Lipinski definition) is 1. The van der Waals surface area contributed by atoms with Crippen LogP contribution in [0.5, 0.6) is 0 Å². The van der Waals surface area contributed by atoms with Crippen molar-refractivity contribution in [3.63, 3.8) is 0 Å². The molecule has 0 atom stereocenters. The summed E-state index contributed by atoms with van der Waals surface area (Å²) in [6.45, 7) is 1.56. The van der Waals surface area contributed by atoms with Crippen LogP contribution in [0, 0.1) is 11.6 Å². The average Bonchev–Trinajstić information content (AvgIpc) is 2.81. The Morgan fingerprint density at radius 1 is 1.06 bits per heavy atom. The maximum absolute atomic E-state index is 14.8. The van der Waals surface area contributed by atoms with Gasteiger partial charge in [-0.1, -0.05) is 30.7 Å². The number of hydrogen-bond acceptors (Lipinski definition) is 4. The fourth-order valence-corrected chi connectivity index (χ4v) is 5.00. The van der Waals surface area contributed by atoms with E-state index in [1.165, 1.54) is 12.1 Å². The molecule has 1 N–H and O–H groups in total. The Morgan fingerprint density at radius 3 is 2.57 bits per heavy atom. The van der Waals surface area contributed by atoms with E-state index in [9.17, 15) is 18.4 Å². The minimum Gasteiger partial charge on any atom is -0.455 e. The molecule has 0 bridgehead atoms. The average molecular weight is 497 g/mol. The van der Waals surface area contributed by atoms with Crippen molar-refractivity contribution in [2.75, 3.05) is 13.1 Å². The number of halogens is 3. The fraction of sp³-hybridized carbons (Fsp3) is 0.259. The first kappa shape index (κ1) is 23.5. The van der Waals surface area contributed by atoms with E-state index in [1.54, 1.807) is 18.2 Å². The van der Waals surface area contributed by atoms with Gasteiger partial charge in [-0.3, -0.25) is 14.2 Å². The van der Waals surface area contributed by atoms with Crippen molar-refractivity contribution in [1.29, 1.82) is 0 Å². The van der Waals surface area contributed by atoms with E-state index >= 15 is 0 Å². The van der Waals surface area contributed by atoms with Crippen molar-refractivity contribution >= 4 is 39.9 Å². The maximum Gasteiger partial charge on any atom is 0.270 e. The molecule has 35 heavy (non-hydrogen) atoms. The molecule has 2 aromatic heterocycles. The minimum absolute atomic E-state index is 0. The Bertz CT molecular complexity index is 1620. The van der Waals surface area contributed by atoms with Crippen molar-refractivity contribution < 1.29 is 13.2 Å². The van der Waals surface area contributed by atoms with Crippen LogP contribution in [-0.4, -0.2) is 17.7 Å². The Hall–Kier alpha value is -3.29. The van der Waals surface area contributed by atoms with Crippen molar-refractivity contribution in [2.24, 2.45) is 0 Å². The fourth-order valence-electron chi connectivity index (χ4n) is 5.00. The van der Waals surface area contributed by atoms with Crippen LogP contribution in [-0.2, 0) is 0 Å². The Balaban J connectivity index is 0.00000253. The largest absolute Gasteiger partial charge is 0.455 e. The summed E-state index contributed by atoms with van der Waals surface area (Å²) in [5, 5.41) is 3.41. The van der Waals surface area contributed by atoms with Gasteiger partial charge < -0.3 is 9.73 Å². The summed E-state index contributed by atoms with van der Waals surface area (Å²) in [5.74, 6) is -2.16. The Morgan fingerprint density at radius 2 is 1.86 bits per heavy atom. The minimum atomic E-state index is -1.12. The van der Waals surface area contributed by atoms with Gasteiger partial charge in [0.25, 0.3) is 5.56 Å². The van der Waals surface area contributed by atoms with E-state index in [0.29, 0.717) is 16.7 Å².